The van der Waals surface area contributed by atoms with Gasteiger partial charge in [-0.25, -0.2) is 4.79 Å². The lowest BCUT2D eigenvalue weighted by Gasteiger charge is -2.07. The molecule has 0 fully saturated rings. The minimum atomic E-state index is -0.517. The molecule has 4 N–H and O–H groups in total. The molecule has 0 saturated heterocycles. The summed E-state index contributed by atoms with van der Waals surface area (Å²) in [5.41, 5.74) is 13.6. The van der Waals surface area contributed by atoms with E-state index in [1.54, 1.807) is 29.1 Å². The van der Waals surface area contributed by atoms with Crippen LogP contribution in [0, 0.1) is 6.92 Å². The van der Waals surface area contributed by atoms with Crippen LogP contribution in [0.25, 0.3) is 0 Å². The number of oxime groups is 1. The number of amidine groups is 1. The van der Waals surface area contributed by atoms with Crippen LogP contribution >= 0.6 is 11.6 Å². The molecule has 0 radical (unpaired) electrons. The second-order valence-electron chi connectivity index (χ2n) is 4.63. The molecular formula is C14H16ClN5O2. The first-order valence-electron chi connectivity index (χ1n) is 6.54. The fourth-order valence-electron chi connectivity index (χ4n) is 1.79. The van der Waals surface area contributed by atoms with E-state index in [0.717, 1.165) is 5.56 Å². The highest BCUT2D eigenvalue weighted by Crippen LogP contribution is 2.15. The SMILES string of the molecule is Cc1c(N)cccc1/C(N)=N/OC(=O)CCn1cc(Cl)cn1. The molecule has 0 aliphatic heterocycles. The van der Waals surface area contributed by atoms with Gasteiger partial charge in [-0.2, -0.15) is 5.10 Å². The van der Waals surface area contributed by atoms with Crippen LogP contribution in [-0.4, -0.2) is 21.6 Å². The molecule has 2 aromatic rings. The van der Waals surface area contributed by atoms with E-state index in [4.69, 9.17) is 27.9 Å². The minimum absolute atomic E-state index is 0.0975. The average molecular weight is 322 g/mol. The van der Waals surface area contributed by atoms with Crippen LogP contribution in [0.15, 0.2) is 35.7 Å². The van der Waals surface area contributed by atoms with E-state index in [1.165, 1.54) is 6.20 Å². The molecule has 1 aromatic heterocycles. The highest BCUT2D eigenvalue weighted by atomic mass is 35.5. The lowest BCUT2D eigenvalue weighted by atomic mass is 10.1. The molecule has 7 nitrogen and oxygen atoms in total. The van der Waals surface area contributed by atoms with Crippen molar-refractivity contribution in [2.24, 2.45) is 10.9 Å². The number of nitrogens with zero attached hydrogens (tertiary/aromatic N) is 3. The third-order valence-corrected chi connectivity index (χ3v) is 3.24. The topological polar surface area (TPSA) is 109 Å². The van der Waals surface area contributed by atoms with Crippen molar-refractivity contribution in [1.82, 2.24) is 9.78 Å². The number of nitrogens with two attached hydrogens (primary N) is 2. The summed E-state index contributed by atoms with van der Waals surface area (Å²) in [6.07, 6.45) is 3.21. The minimum Gasteiger partial charge on any atom is -0.398 e. The number of benzene rings is 1. The summed E-state index contributed by atoms with van der Waals surface area (Å²) in [7, 11) is 0. The van der Waals surface area contributed by atoms with Crippen molar-refractivity contribution in [3.05, 3.63) is 46.7 Å². The first-order chi connectivity index (χ1) is 10.5. The second-order valence-corrected chi connectivity index (χ2v) is 5.07. The van der Waals surface area contributed by atoms with E-state index in [2.05, 4.69) is 10.3 Å². The van der Waals surface area contributed by atoms with Crippen molar-refractivity contribution in [3.63, 3.8) is 0 Å². The number of rotatable bonds is 5. The van der Waals surface area contributed by atoms with Crippen molar-refractivity contribution >= 4 is 29.1 Å². The van der Waals surface area contributed by atoms with Crippen molar-refractivity contribution in [3.8, 4) is 0 Å². The second kappa shape index (κ2) is 6.95. The highest BCUT2D eigenvalue weighted by Gasteiger charge is 2.08. The fraction of sp³-hybridized carbons (Fsp3) is 0.214. The first kappa shape index (κ1) is 15.8. The van der Waals surface area contributed by atoms with Crippen molar-refractivity contribution in [1.29, 1.82) is 0 Å². The average Bonchev–Trinajstić information content (AvgIpc) is 2.91. The molecule has 8 heteroatoms. The molecule has 1 heterocycles. The van der Waals surface area contributed by atoms with Gasteiger partial charge >= 0.3 is 5.97 Å². The van der Waals surface area contributed by atoms with Crippen LogP contribution in [-0.2, 0) is 16.2 Å². The van der Waals surface area contributed by atoms with Crippen molar-refractivity contribution in [2.75, 3.05) is 5.73 Å². The number of hydrogen-bond donors (Lipinski definition) is 2. The van der Waals surface area contributed by atoms with Crippen LogP contribution in [0.2, 0.25) is 5.02 Å². The summed E-state index contributed by atoms with van der Waals surface area (Å²) in [4.78, 5) is 16.4. The zero-order chi connectivity index (χ0) is 16.1. The molecule has 0 aliphatic carbocycles. The maximum Gasteiger partial charge on any atom is 0.336 e. The first-order valence-corrected chi connectivity index (χ1v) is 6.92. The molecule has 116 valence electrons. The third kappa shape index (κ3) is 3.98. The molecule has 22 heavy (non-hydrogen) atoms. The van der Waals surface area contributed by atoms with Gasteiger partial charge in [0, 0.05) is 17.4 Å². The number of halogens is 1. The molecule has 0 bridgehead atoms. The number of carbonyl (C=O) groups is 1. The van der Waals surface area contributed by atoms with Crippen molar-refractivity contribution < 1.29 is 9.63 Å². The molecule has 2 rings (SSSR count). The van der Waals surface area contributed by atoms with E-state index in [0.29, 0.717) is 22.8 Å². The standard InChI is InChI=1S/C14H16ClN5O2/c1-9-11(3-2-4-12(9)16)14(17)19-22-13(21)5-6-20-8-10(15)7-18-20/h2-4,7-8H,5-6,16H2,1H3,(H2,17,19). The van der Waals surface area contributed by atoms with Crippen LogP contribution in [0.4, 0.5) is 5.69 Å². The number of aryl methyl sites for hydroxylation is 1. The lowest BCUT2D eigenvalue weighted by Crippen LogP contribution is -2.17. The predicted molar refractivity (Wildman–Crippen MR) is 84.3 cm³/mol. The largest absolute Gasteiger partial charge is 0.398 e. The Morgan fingerprint density at radius 2 is 2.27 bits per heavy atom. The number of anilines is 1. The van der Waals surface area contributed by atoms with Gasteiger partial charge in [-0.15, -0.1) is 0 Å². The lowest BCUT2D eigenvalue weighted by molar-refractivity contribution is -0.143. The van der Waals surface area contributed by atoms with Gasteiger partial charge in [0.25, 0.3) is 0 Å². The maximum atomic E-state index is 11.6. The quantitative estimate of drug-likeness (QED) is 0.286. The van der Waals surface area contributed by atoms with Gasteiger partial charge in [0.2, 0.25) is 0 Å². The zero-order valence-electron chi connectivity index (χ0n) is 12.0. The normalized spacial score (nSPS) is 11.5. The summed E-state index contributed by atoms with van der Waals surface area (Å²) in [6, 6.07) is 5.26. The monoisotopic (exact) mass is 321 g/mol. The number of carbonyl (C=O) groups excluding carboxylic acids is 1. The molecule has 1 aromatic carbocycles. The van der Waals surface area contributed by atoms with Crippen LogP contribution in [0.3, 0.4) is 0 Å². The third-order valence-electron chi connectivity index (χ3n) is 3.04. The Morgan fingerprint density at radius 1 is 1.50 bits per heavy atom. The van der Waals surface area contributed by atoms with Gasteiger partial charge in [0.15, 0.2) is 5.84 Å². The Morgan fingerprint density at radius 3 is 2.95 bits per heavy atom. The van der Waals surface area contributed by atoms with Crippen LogP contribution < -0.4 is 11.5 Å². The molecule has 0 atom stereocenters. The van der Waals surface area contributed by atoms with Gasteiger partial charge in [0.05, 0.1) is 24.2 Å². The number of hydrogen-bond acceptors (Lipinski definition) is 5. The Balaban J connectivity index is 1.92. The van der Waals surface area contributed by atoms with E-state index >= 15 is 0 Å². The Bertz CT molecular complexity index is 711. The molecule has 0 unspecified atom stereocenters. The summed E-state index contributed by atoms with van der Waals surface area (Å²) in [5, 5.41) is 8.11. The summed E-state index contributed by atoms with van der Waals surface area (Å²) in [6.45, 7) is 2.16. The van der Waals surface area contributed by atoms with Crippen LogP contribution in [0.5, 0.6) is 0 Å². The smallest absolute Gasteiger partial charge is 0.336 e. The number of nitrogen functional groups attached to an aromatic ring is 1. The van der Waals surface area contributed by atoms with Crippen molar-refractivity contribution in [2.45, 2.75) is 19.9 Å². The fourth-order valence-corrected chi connectivity index (χ4v) is 1.95. The Kier molecular flexibility index (Phi) is 5.00. The van der Waals surface area contributed by atoms with E-state index < -0.39 is 5.97 Å². The molecule has 0 amide bonds. The zero-order valence-corrected chi connectivity index (χ0v) is 12.7. The molecular weight excluding hydrogens is 306 g/mol. The summed E-state index contributed by atoms with van der Waals surface area (Å²) in [5.74, 6) is -0.420. The van der Waals surface area contributed by atoms with E-state index in [-0.39, 0.29) is 12.3 Å². The molecule has 0 saturated carbocycles. The van der Waals surface area contributed by atoms with Gasteiger partial charge in [-0.1, -0.05) is 28.9 Å². The van der Waals surface area contributed by atoms with Gasteiger partial charge in [0.1, 0.15) is 0 Å². The maximum absolute atomic E-state index is 11.6. The molecule has 0 aliphatic rings. The Labute approximate surface area is 132 Å². The van der Waals surface area contributed by atoms with E-state index in [9.17, 15) is 4.79 Å². The van der Waals surface area contributed by atoms with Gasteiger partial charge < -0.3 is 16.3 Å². The van der Waals surface area contributed by atoms with Crippen LogP contribution in [0.1, 0.15) is 17.5 Å². The predicted octanol–water partition coefficient (Wildman–Crippen LogP) is 1.68. The summed E-state index contributed by atoms with van der Waals surface area (Å²) < 4.78 is 1.54. The van der Waals surface area contributed by atoms with Gasteiger partial charge in [-0.05, 0) is 18.6 Å². The number of aromatic nitrogens is 2. The summed E-state index contributed by atoms with van der Waals surface area (Å²) >= 11 is 5.73. The van der Waals surface area contributed by atoms with Gasteiger partial charge in [-0.3, -0.25) is 4.68 Å². The Hall–Kier alpha value is -2.54. The highest BCUT2D eigenvalue weighted by molar-refractivity contribution is 6.30. The van der Waals surface area contributed by atoms with E-state index in [1.807, 2.05) is 6.92 Å². The molecule has 0 spiro atoms.